The standard InChI is InChI=1S/C18H20Cl2O3S/c1-12-15(14-8-5-4-6-9-14)13(2)17(20)18(16(12)19)23-10-7-11-24(3,21)22/h4-6,8-9H,7,10-11H2,1-3H3. The number of rotatable bonds is 6. The summed E-state index contributed by atoms with van der Waals surface area (Å²) in [6, 6.07) is 9.90. The molecule has 130 valence electrons. The van der Waals surface area contributed by atoms with E-state index in [0.717, 1.165) is 22.3 Å². The normalized spacial score (nSPS) is 11.5. The number of ether oxygens (including phenoxy) is 1. The molecule has 2 aromatic carbocycles. The molecule has 0 atom stereocenters. The first kappa shape index (κ1) is 19.1. The minimum atomic E-state index is -3.00. The van der Waals surface area contributed by atoms with Crippen molar-refractivity contribution in [1.29, 1.82) is 0 Å². The zero-order valence-corrected chi connectivity index (χ0v) is 16.2. The molecular weight excluding hydrogens is 367 g/mol. The topological polar surface area (TPSA) is 43.4 Å². The highest BCUT2D eigenvalue weighted by atomic mass is 35.5. The first-order valence-corrected chi connectivity index (χ1v) is 10.4. The van der Waals surface area contributed by atoms with E-state index in [1.807, 2.05) is 44.2 Å². The van der Waals surface area contributed by atoms with Gasteiger partial charge in [-0.3, -0.25) is 0 Å². The van der Waals surface area contributed by atoms with Crippen molar-refractivity contribution < 1.29 is 13.2 Å². The first-order valence-electron chi connectivity index (χ1n) is 7.56. The molecule has 0 amide bonds. The van der Waals surface area contributed by atoms with Gasteiger partial charge in [-0.15, -0.1) is 0 Å². The van der Waals surface area contributed by atoms with Crippen LogP contribution in [0.25, 0.3) is 11.1 Å². The Hall–Kier alpha value is -1.23. The molecule has 0 spiro atoms. The van der Waals surface area contributed by atoms with Gasteiger partial charge in [0.05, 0.1) is 22.4 Å². The molecule has 0 radical (unpaired) electrons. The Labute approximate surface area is 153 Å². The highest BCUT2D eigenvalue weighted by Crippen LogP contribution is 2.44. The zero-order valence-electron chi connectivity index (χ0n) is 13.9. The summed E-state index contributed by atoms with van der Waals surface area (Å²) in [7, 11) is -3.00. The van der Waals surface area contributed by atoms with Gasteiger partial charge in [-0.25, -0.2) is 8.42 Å². The molecule has 2 rings (SSSR count). The van der Waals surface area contributed by atoms with Crippen LogP contribution < -0.4 is 4.74 Å². The second kappa shape index (κ2) is 7.77. The number of sulfone groups is 1. The fourth-order valence-electron chi connectivity index (χ4n) is 2.60. The lowest BCUT2D eigenvalue weighted by atomic mass is 9.95. The van der Waals surface area contributed by atoms with Gasteiger partial charge in [0, 0.05) is 6.26 Å². The summed E-state index contributed by atoms with van der Waals surface area (Å²) in [5.41, 5.74) is 3.82. The van der Waals surface area contributed by atoms with Gasteiger partial charge in [-0.05, 0) is 42.5 Å². The van der Waals surface area contributed by atoms with Crippen molar-refractivity contribution >= 4 is 33.0 Å². The second-order valence-corrected chi connectivity index (χ2v) is 8.80. The van der Waals surface area contributed by atoms with Gasteiger partial charge in [-0.1, -0.05) is 53.5 Å². The van der Waals surface area contributed by atoms with Gasteiger partial charge in [0.1, 0.15) is 9.84 Å². The van der Waals surface area contributed by atoms with Crippen molar-refractivity contribution in [3.8, 4) is 16.9 Å². The second-order valence-electron chi connectivity index (χ2n) is 5.78. The number of halogens is 2. The lowest BCUT2D eigenvalue weighted by molar-refractivity contribution is 0.318. The van der Waals surface area contributed by atoms with E-state index in [4.69, 9.17) is 27.9 Å². The summed E-state index contributed by atoms with van der Waals surface area (Å²) in [5, 5.41) is 0.924. The molecule has 0 fully saturated rings. The molecule has 0 unspecified atom stereocenters. The van der Waals surface area contributed by atoms with Gasteiger partial charge in [0.2, 0.25) is 0 Å². The highest BCUT2D eigenvalue weighted by Gasteiger charge is 2.19. The van der Waals surface area contributed by atoms with Crippen LogP contribution in [-0.2, 0) is 9.84 Å². The molecular formula is C18H20Cl2O3S. The average molecular weight is 387 g/mol. The molecule has 24 heavy (non-hydrogen) atoms. The molecule has 0 N–H and O–H groups in total. The fraction of sp³-hybridized carbons (Fsp3) is 0.333. The number of hydrogen-bond donors (Lipinski definition) is 0. The molecule has 0 saturated heterocycles. The van der Waals surface area contributed by atoms with Crippen molar-refractivity contribution in [3.63, 3.8) is 0 Å². The van der Waals surface area contributed by atoms with E-state index in [0.29, 0.717) is 22.2 Å². The summed E-state index contributed by atoms with van der Waals surface area (Å²) in [6.07, 6.45) is 1.60. The van der Waals surface area contributed by atoms with Gasteiger partial charge in [0.15, 0.2) is 5.75 Å². The van der Waals surface area contributed by atoms with Crippen molar-refractivity contribution in [3.05, 3.63) is 51.5 Å². The summed E-state index contributed by atoms with van der Waals surface area (Å²) in [5.74, 6) is 0.490. The molecule has 0 bridgehead atoms. The van der Waals surface area contributed by atoms with Crippen molar-refractivity contribution in [2.24, 2.45) is 0 Å². The monoisotopic (exact) mass is 386 g/mol. The molecule has 6 heteroatoms. The third-order valence-electron chi connectivity index (χ3n) is 3.78. The molecule has 3 nitrogen and oxygen atoms in total. The Morgan fingerprint density at radius 2 is 1.54 bits per heavy atom. The predicted octanol–water partition coefficient (Wildman–Crippen LogP) is 5.09. The van der Waals surface area contributed by atoms with Crippen LogP contribution in [0.2, 0.25) is 10.0 Å². The smallest absolute Gasteiger partial charge is 0.157 e. The quantitative estimate of drug-likeness (QED) is 0.649. The Morgan fingerprint density at radius 1 is 1.00 bits per heavy atom. The van der Waals surface area contributed by atoms with Crippen LogP contribution in [0.4, 0.5) is 0 Å². The van der Waals surface area contributed by atoms with E-state index in [9.17, 15) is 8.42 Å². The number of hydrogen-bond acceptors (Lipinski definition) is 3. The average Bonchev–Trinajstić information content (AvgIpc) is 2.52. The lowest BCUT2D eigenvalue weighted by Crippen LogP contribution is -2.09. The SMILES string of the molecule is Cc1c(Cl)c(OCCCS(C)(=O)=O)c(Cl)c(C)c1-c1ccccc1. The maximum atomic E-state index is 11.2. The minimum absolute atomic E-state index is 0.0717. The minimum Gasteiger partial charge on any atom is -0.490 e. The summed E-state index contributed by atoms with van der Waals surface area (Å²) in [6.45, 7) is 4.10. The zero-order chi connectivity index (χ0) is 17.9. The van der Waals surface area contributed by atoms with Gasteiger partial charge in [-0.2, -0.15) is 0 Å². The molecule has 0 heterocycles. The Balaban J connectivity index is 2.32. The maximum absolute atomic E-state index is 11.2. The van der Waals surface area contributed by atoms with Crippen LogP contribution in [0, 0.1) is 13.8 Å². The van der Waals surface area contributed by atoms with Crippen LogP contribution in [0.1, 0.15) is 17.5 Å². The lowest BCUT2D eigenvalue weighted by Gasteiger charge is -2.18. The number of benzene rings is 2. The predicted molar refractivity (Wildman–Crippen MR) is 101 cm³/mol. The Kier molecular flexibility index (Phi) is 6.18. The van der Waals surface area contributed by atoms with E-state index in [1.54, 1.807) is 0 Å². The largest absolute Gasteiger partial charge is 0.490 e. The maximum Gasteiger partial charge on any atom is 0.157 e. The van der Waals surface area contributed by atoms with Crippen LogP contribution in [0.5, 0.6) is 5.75 Å². The first-order chi connectivity index (χ1) is 11.2. The van der Waals surface area contributed by atoms with Crippen LogP contribution in [0.15, 0.2) is 30.3 Å². The molecule has 0 aliphatic carbocycles. The van der Waals surface area contributed by atoms with Crippen molar-refractivity contribution in [1.82, 2.24) is 0 Å². The Morgan fingerprint density at radius 3 is 2.04 bits per heavy atom. The molecule has 0 saturated carbocycles. The van der Waals surface area contributed by atoms with Gasteiger partial charge < -0.3 is 4.74 Å². The van der Waals surface area contributed by atoms with Crippen LogP contribution >= 0.6 is 23.2 Å². The molecule has 0 aliphatic rings. The Bertz CT molecular complexity index is 802. The summed E-state index contributed by atoms with van der Waals surface area (Å²) >= 11 is 12.9. The van der Waals surface area contributed by atoms with Crippen LogP contribution in [-0.4, -0.2) is 27.0 Å². The summed E-state index contributed by atoms with van der Waals surface area (Å²) in [4.78, 5) is 0. The van der Waals surface area contributed by atoms with E-state index in [1.165, 1.54) is 6.26 Å². The highest BCUT2D eigenvalue weighted by molar-refractivity contribution is 7.90. The third-order valence-corrected chi connectivity index (χ3v) is 5.72. The van der Waals surface area contributed by atoms with Gasteiger partial charge in [0.25, 0.3) is 0 Å². The van der Waals surface area contributed by atoms with E-state index in [-0.39, 0.29) is 12.4 Å². The van der Waals surface area contributed by atoms with Crippen molar-refractivity contribution in [2.75, 3.05) is 18.6 Å². The fourth-order valence-corrected chi connectivity index (χ4v) is 3.78. The van der Waals surface area contributed by atoms with Crippen molar-refractivity contribution in [2.45, 2.75) is 20.3 Å². The van der Waals surface area contributed by atoms with Gasteiger partial charge >= 0.3 is 0 Å². The van der Waals surface area contributed by atoms with E-state index >= 15 is 0 Å². The van der Waals surface area contributed by atoms with Crippen LogP contribution in [0.3, 0.4) is 0 Å². The third kappa shape index (κ3) is 4.44. The molecule has 0 aromatic heterocycles. The van der Waals surface area contributed by atoms with E-state index in [2.05, 4.69) is 0 Å². The molecule has 2 aromatic rings. The summed E-state index contributed by atoms with van der Waals surface area (Å²) < 4.78 is 28.0. The molecule has 0 aliphatic heterocycles. The van der Waals surface area contributed by atoms with E-state index < -0.39 is 9.84 Å².